The smallest absolute Gasteiger partial charge is 0.0220 e. The van der Waals surface area contributed by atoms with Gasteiger partial charge in [0.1, 0.15) is 0 Å². The molecular weight excluding hydrogens is 234 g/mol. The molecule has 1 N–H and O–H groups in total. The molecule has 0 aromatic heterocycles. The number of nitrogens with zero attached hydrogens (tertiary/aromatic N) is 2. The fourth-order valence-electron chi connectivity index (χ4n) is 2.06. The van der Waals surface area contributed by atoms with Crippen LogP contribution in [0.15, 0.2) is 0 Å². The molecule has 4 nitrogen and oxygen atoms in total. The van der Waals surface area contributed by atoms with Gasteiger partial charge >= 0.3 is 0 Å². The molecule has 0 aliphatic carbocycles. The minimum Gasteiger partial charge on any atom is -0.299 e. The van der Waals surface area contributed by atoms with Crippen molar-refractivity contribution >= 4 is 15.6 Å². The van der Waals surface area contributed by atoms with Crippen molar-refractivity contribution in [3.8, 4) is 0 Å². The zero-order chi connectivity index (χ0) is 13.1. The van der Waals surface area contributed by atoms with Crippen molar-refractivity contribution in [3.63, 3.8) is 0 Å². The Morgan fingerprint density at radius 1 is 1.24 bits per heavy atom. The first kappa shape index (κ1) is 15.0. The highest BCUT2D eigenvalue weighted by molar-refractivity contribution is 7.97. The first-order valence-corrected chi connectivity index (χ1v) is 8.36. The van der Waals surface area contributed by atoms with Crippen molar-refractivity contribution in [1.29, 1.82) is 0 Å². The summed E-state index contributed by atoms with van der Waals surface area (Å²) in [6, 6.07) is 0. The lowest BCUT2D eigenvalue weighted by Gasteiger charge is -2.42. The standard InChI is InChI=1S/C12H27N3OS/c1-12(2,3)15-10-8-14(9-11-15)7-6-13-17(4,5)16/h4,6-11H2,1-3,5H3,(H,13,16). The summed E-state index contributed by atoms with van der Waals surface area (Å²) in [5.41, 5.74) is 0.273. The second-order valence-corrected chi connectivity index (χ2v) is 8.20. The number of hydrogen-bond acceptors (Lipinski definition) is 3. The summed E-state index contributed by atoms with van der Waals surface area (Å²) in [4.78, 5) is 4.93. The summed E-state index contributed by atoms with van der Waals surface area (Å²) in [6.07, 6.45) is 1.64. The van der Waals surface area contributed by atoms with E-state index < -0.39 is 9.71 Å². The fraction of sp³-hybridized carbons (Fsp3) is 0.917. The minimum atomic E-state index is -2.05. The second kappa shape index (κ2) is 5.69. The molecule has 1 aliphatic heterocycles. The molecule has 1 saturated heterocycles. The van der Waals surface area contributed by atoms with Gasteiger partial charge in [-0.05, 0) is 26.6 Å². The van der Waals surface area contributed by atoms with E-state index in [9.17, 15) is 4.21 Å². The maximum Gasteiger partial charge on any atom is 0.0220 e. The van der Waals surface area contributed by atoms with Gasteiger partial charge in [-0.3, -0.25) is 14.0 Å². The van der Waals surface area contributed by atoms with Crippen molar-refractivity contribution in [3.05, 3.63) is 0 Å². The predicted octanol–water partition coefficient (Wildman–Crippen LogP) is 0.253. The van der Waals surface area contributed by atoms with Crippen LogP contribution in [-0.4, -0.2) is 70.9 Å². The molecule has 0 bridgehead atoms. The maximum atomic E-state index is 11.4. The van der Waals surface area contributed by atoms with Gasteiger partial charge in [-0.1, -0.05) is 0 Å². The highest BCUT2D eigenvalue weighted by atomic mass is 32.2. The van der Waals surface area contributed by atoms with Crippen molar-refractivity contribution in [2.24, 2.45) is 0 Å². The summed E-state index contributed by atoms with van der Waals surface area (Å²) in [5, 5.41) is 0. The first-order valence-electron chi connectivity index (χ1n) is 6.23. The maximum absolute atomic E-state index is 11.4. The van der Waals surface area contributed by atoms with Crippen LogP contribution in [0.2, 0.25) is 0 Å². The highest BCUT2D eigenvalue weighted by Crippen LogP contribution is 2.15. The second-order valence-electron chi connectivity index (χ2n) is 5.90. The van der Waals surface area contributed by atoms with Crippen LogP contribution in [0.25, 0.3) is 0 Å². The largest absolute Gasteiger partial charge is 0.299 e. The molecule has 1 heterocycles. The van der Waals surface area contributed by atoms with Crippen LogP contribution in [0.1, 0.15) is 20.8 Å². The quantitative estimate of drug-likeness (QED) is 0.737. The van der Waals surface area contributed by atoms with Gasteiger partial charge < -0.3 is 0 Å². The van der Waals surface area contributed by atoms with Gasteiger partial charge in [0.05, 0.1) is 0 Å². The molecule has 0 aromatic rings. The number of nitrogens with one attached hydrogen (secondary N) is 1. The van der Waals surface area contributed by atoms with Gasteiger partial charge in [0, 0.05) is 60.8 Å². The van der Waals surface area contributed by atoms with E-state index in [2.05, 4.69) is 41.2 Å². The molecule has 17 heavy (non-hydrogen) atoms. The van der Waals surface area contributed by atoms with E-state index in [1.54, 1.807) is 6.26 Å². The summed E-state index contributed by atoms with van der Waals surface area (Å²) in [6.45, 7) is 12.9. The number of hydrogen-bond donors (Lipinski definition) is 1. The first-order chi connectivity index (χ1) is 7.68. The Kier molecular flexibility index (Phi) is 5.01. The fourth-order valence-corrected chi connectivity index (χ4v) is 2.59. The molecule has 0 amide bonds. The molecule has 0 radical (unpaired) electrons. The van der Waals surface area contributed by atoms with E-state index in [-0.39, 0.29) is 5.54 Å². The molecule has 1 fully saturated rings. The van der Waals surface area contributed by atoms with Crippen LogP contribution in [0, 0.1) is 0 Å². The third-order valence-corrected chi connectivity index (χ3v) is 3.97. The molecule has 1 unspecified atom stereocenters. The van der Waals surface area contributed by atoms with Gasteiger partial charge in [-0.2, -0.15) is 0 Å². The predicted molar refractivity (Wildman–Crippen MR) is 77.0 cm³/mol. The Morgan fingerprint density at radius 2 is 1.76 bits per heavy atom. The van der Waals surface area contributed by atoms with E-state index in [0.29, 0.717) is 0 Å². The summed E-state index contributed by atoms with van der Waals surface area (Å²) in [5.74, 6) is 3.59. The van der Waals surface area contributed by atoms with Gasteiger partial charge in [0.15, 0.2) is 0 Å². The van der Waals surface area contributed by atoms with Gasteiger partial charge in [-0.15, -0.1) is 0 Å². The number of rotatable bonds is 4. The van der Waals surface area contributed by atoms with Gasteiger partial charge in [0.2, 0.25) is 0 Å². The summed E-state index contributed by atoms with van der Waals surface area (Å²) in [7, 11) is -2.05. The van der Waals surface area contributed by atoms with Crippen LogP contribution < -0.4 is 4.72 Å². The van der Waals surface area contributed by atoms with E-state index in [1.807, 2.05) is 0 Å². The molecular formula is C12H27N3OS. The summed E-state index contributed by atoms with van der Waals surface area (Å²) < 4.78 is 14.3. The Labute approximate surface area is 106 Å². The summed E-state index contributed by atoms with van der Waals surface area (Å²) >= 11 is 0. The van der Waals surface area contributed by atoms with Crippen LogP contribution in [0.3, 0.4) is 0 Å². The monoisotopic (exact) mass is 261 g/mol. The number of piperazine rings is 1. The normalized spacial score (nSPS) is 23.5. The van der Waals surface area contributed by atoms with E-state index in [0.717, 1.165) is 39.3 Å². The van der Waals surface area contributed by atoms with Crippen LogP contribution in [0.5, 0.6) is 0 Å². The molecule has 0 spiro atoms. The highest BCUT2D eigenvalue weighted by Gasteiger charge is 2.25. The molecule has 102 valence electrons. The lowest BCUT2D eigenvalue weighted by atomic mass is 10.1. The third kappa shape index (κ3) is 5.86. The average molecular weight is 261 g/mol. The van der Waals surface area contributed by atoms with Gasteiger partial charge in [0.25, 0.3) is 0 Å². The van der Waals surface area contributed by atoms with Gasteiger partial charge in [-0.25, -0.2) is 4.72 Å². The zero-order valence-electron chi connectivity index (χ0n) is 11.7. The topological polar surface area (TPSA) is 35.6 Å². The lowest BCUT2D eigenvalue weighted by Crippen LogP contribution is -2.54. The van der Waals surface area contributed by atoms with Crippen molar-refractivity contribution < 1.29 is 4.21 Å². The van der Waals surface area contributed by atoms with Crippen LogP contribution >= 0.6 is 0 Å². The van der Waals surface area contributed by atoms with Crippen LogP contribution in [0.4, 0.5) is 0 Å². The van der Waals surface area contributed by atoms with Crippen LogP contribution in [-0.2, 0) is 9.71 Å². The molecule has 5 heteroatoms. The minimum absolute atomic E-state index is 0.273. The molecule has 0 saturated carbocycles. The van der Waals surface area contributed by atoms with E-state index in [1.165, 1.54) is 0 Å². The van der Waals surface area contributed by atoms with E-state index in [4.69, 9.17) is 0 Å². The molecule has 1 atom stereocenters. The van der Waals surface area contributed by atoms with E-state index >= 15 is 0 Å². The Bertz CT molecular complexity index is 324. The van der Waals surface area contributed by atoms with Crippen molar-refractivity contribution in [1.82, 2.24) is 14.5 Å². The molecule has 0 aromatic carbocycles. The Hall–Kier alpha value is -0.100. The van der Waals surface area contributed by atoms with Crippen molar-refractivity contribution in [2.45, 2.75) is 26.3 Å². The molecule has 1 aliphatic rings. The lowest BCUT2D eigenvalue weighted by molar-refractivity contribution is 0.0634. The molecule has 1 rings (SSSR count). The average Bonchev–Trinajstić information content (AvgIpc) is 2.15. The Balaban J connectivity index is 2.24. The Morgan fingerprint density at radius 3 is 2.18 bits per heavy atom. The SMILES string of the molecule is C=S(C)(=O)NCCN1CCN(C(C)(C)C)CC1. The third-order valence-electron chi connectivity index (χ3n) is 3.16. The van der Waals surface area contributed by atoms with Crippen molar-refractivity contribution in [2.75, 3.05) is 45.5 Å². The zero-order valence-corrected chi connectivity index (χ0v) is 12.5.